The Hall–Kier alpha value is -4.42. The first-order valence-corrected chi connectivity index (χ1v) is 10.9. The van der Waals surface area contributed by atoms with E-state index in [9.17, 15) is 0 Å². The number of nitrogens with two attached hydrogens (primary N) is 2. The van der Waals surface area contributed by atoms with Gasteiger partial charge in [-0.25, -0.2) is 10.8 Å². The van der Waals surface area contributed by atoms with E-state index in [4.69, 9.17) is 22.5 Å². The minimum atomic E-state index is 0.107. The molecule has 1 aliphatic heterocycles. The first-order chi connectivity index (χ1) is 16.5. The van der Waals surface area contributed by atoms with Gasteiger partial charge in [-0.15, -0.1) is 6.42 Å². The van der Waals surface area contributed by atoms with Crippen molar-refractivity contribution in [2.24, 2.45) is 11.6 Å². The molecule has 34 heavy (non-hydrogen) atoms. The van der Waals surface area contributed by atoms with E-state index in [2.05, 4.69) is 26.0 Å². The average molecular weight is 453 g/mol. The van der Waals surface area contributed by atoms with Gasteiger partial charge in [-0.1, -0.05) is 31.0 Å². The maximum Gasteiger partial charge on any atom is 0.229 e. The van der Waals surface area contributed by atoms with Crippen molar-refractivity contribution in [1.29, 1.82) is 0 Å². The highest BCUT2D eigenvalue weighted by Gasteiger charge is 2.28. The number of hydrogen-bond donors (Lipinski definition) is 2. The molecule has 0 amide bonds. The van der Waals surface area contributed by atoms with E-state index in [0.29, 0.717) is 41.5 Å². The quantitative estimate of drug-likeness (QED) is 0.357. The second-order valence-electron chi connectivity index (χ2n) is 8.43. The van der Waals surface area contributed by atoms with Crippen LogP contribution in [0.1, 0.15) is 42.5 Å². The molecule has 9 heteroatoms. The number of anilines is 1. The molecule has 1 aromatic carbocycles. The molecule has 0 saturated carbocycles. The molecule has 4 N–H and O–H groups in total. The standard InChI is InChI=1S/C25H24N8O/c1-4-16-7-8-19-21(11-16)33(27)20(18(26)10-17-6-5-9-28-13-17)12-22-23(29-14-32(19)22)24-30-25(15(2)3)34-31-24/h1,5-9,11,13-15H,10,12,26-27H2,2-3H3/b20-18-. The Bertz CT molecular complexity index is 1420. The SMILES string of the molecule is C#Cc1ccc2c(c1)N(N)/C(=C(\N)Cc1cccnc1)Cc1c(-c3noc(C(C)C)n3)ncn1-2. The maximum atomic E-state index is 6.67. The summed E-state index contributed by atoms with van der Waals surface area (Å²) >= 11 is 0. The minimum Gasteiger partial charge on any atom is -0.400 e. The lowest BCUT2D eigenvalue weighted by Gasteiger charge is -2.23. The van der Waals surface area contributed by atoms with Crippen LogP contribution < -0.4 is 16.6 Å². The van der Waals surface area contributed by atoms with Crippen molar-refractivity contribution in [3.05, 3.63) is 83.2 Å². The van der Waals surface area contributed by atoms with E-state index in [-0.39, 0.29) is 5.92 Å². The molecule has 0 fully saturated rings. The molecular formula is C25H24N8O. The number of hydrazine groups is 1. The van der Waals surface area contributed by atoms with Gasteiger partial charge in [0.05, 0.1) is 22.8 Å². The summed E-state index contributed by atoms with van der Waals surface area (Å²) < 4.78 is 7.41. The van der Waals surface area contributed by atoms with Gasteiger partial charge < -0.3 is 10.3 Å². The summed E-state index contributed by atoms with van der Waals surface area (Å²) in [6.45, 7) is 3.99. The molecule has 4 heterocycles. The van der Waals surface area contributed by atoms with Gasteiger partial charge in [0, 0.05) is 42.4 Å². The normalized spacial score (nSPS) is 14.4. The third-order valence-electron chi connectivity index (χ3n) is 5.79. The largest absolute Gasteiger partial charge is 0.400 e. The van der Waals surface area contributed by atoms with E-state index in [1.54, 1.807) is 23.7 Å². The van der Waals surface area contributed by atoms with Crippen LogP contribution in [0, 0.1) is 12.3 Å². The number of imidazole rings is 1. The lowest BCUT2D eigenvalue weighted by molar-refractivity contribution is 0.365. The molecule has 0 saturated heterocycles. The van der Waals surface area contributed by atoms with Gasteiger partial charge in [0.15, 0.2) is 0 Å². The van der Waals surface area contributed by atoms with Crippen molar-refractivity contribution < 1.29 is 4.52 Å². The number of nitrogens with zero attached hydrogens (tertiary/aromatic N) is 6. The number of pyridine rings is 1. The van der Waals surface area contributed by atoms with Crippen molar-refractivity contribution in [1.82, 2.24) is 24.7 Å². The molecule has 0 bridgehead atoms. The van der Waals surface area contributed by atoms with Crippen LogP contribution in [0.15, 0.2) is 65.0 Å². The Morgan fingerprint density at radius 1 is 1.26 bits per heavy atom. The van der Waals surface area contributed by atoms with Gasteiger partial charge in [0.1, 0.15) is 12.0 Å². The van der Waals surface area contributed by atoms with Crippen LogP contribution >= 0.6 is 0 Å². The molecule has 170 valence electrons. The van der Waals surface area contributed by atoms with Crippen LogP contribution in [0.25, 0.3) is 17.2 Å². The average Bonchev–Trinajstić information content (AvgIpc) is 3.47. The molecule has 5 rings (SSSR count). The van der Waals surface area contributed by atoms with E-state index in [0.717, 1.165) is 28.3 Å². The van der Waals surface area contributed by atoms with Gasteiger partial charge in [-0.05, 0) is 29.8 Å². The lowest BCUT2D eigenvalue weighted by Crippen LogP contribution is -2.33. The van der Waals surface area contributed by atoms with Crippen LogP contribution in [0.5, 0.6) is 0 Å². The molecule has 4 aromatic rings. The Morgan fingerprint density at radius 2 is 2.12 bits per heavy atom. The van der Waals surface area contributed by atoms with Gasteiger partial charge >= 0.3 is 0 Å². The molecule has 0 aliphatic carbocycles. The Morgan fingerprint density at radius 3 is 2.82 bits per heavy atom. The summed E-state index contributed by atoms with van der Waals surface area (Å²) in [5, 5.41) is 5.78. The number of aromatic nitrogens is 5. The Kier molecular flexibility index (Phi) is 5.36. The number of benzene rings is 1. The maximum absolute atomic E-state index is 6.67. The topological polar surface area (TPSA) is 125 Å². The monoisotopic (exact) mass is 452 g/mol. The van der Waals surface area contributed by atoms with Crippen LogP contribution in [0.2, 0.25) is 0 Å². The number of hydrogen-bond acceptors (Lipinski definition) is 8. The fraction of sp³-hybridized carbons (Fsp3) is 0.200. The van der Waals surface area contributed by atoms with Crippen molar-refractivity contribution in [2.75, 3.05) is 5.01 Å². The first kappa shape index (κ1) is 21.4. The first-order valence-electron chi connectivity index (χ1n) is 10.9. The van der Waals surface area contributed by atoms with E-state index in [1.807, 2.05) is 48.7 Å². The third-order valence-corrected chi connectivity index (χ3v) is 5.79. The predicted molar refractivity (Wildman–Crippen MR) is 128 cm³/mol. The zero-order valence-corrected chi connectivity index (χ0v) is 18.9. The molecule has 0 spiro atoms. The Balaban J connectivity index is 1.69. The van der Waals surface area contributed by atoms with Gasteiger partial charge in [0.25, 0.3) is 0 Å². The number of fused-ring (bicyclic) bond motifs is 3. The second kappa shape index (κ2) is 8.50. The molecule has 9 nitrogen and oxygen atoms in total. The molecule has 3 aromatic heterocycles. The summed E-state index contributed by atoms with van der Waals surface area (Å²) in [6, 6.07) is 9.52. The van der Waals surface area contributed by atoms with Crippen molar-refractivity contribution in [3.8, 4) is 29.5 Å². The van der Waals surface area contributed by atoms with E-state index < -0.39 is 0 Å². The fourth-order valence-corrected chi connectivity index (χ4v) is 3.99. The summed E-state index contributed by atoms with van der Waals surface area (Å²) in [7, 11) is 0. The van der Waals surface area contributed by atoms with Crippen LogP contribution in [0.3, 0.4) is 0 Å². The smallest absolute Gasteiger partial charge is 0.229 e. The van der Waals surface area contributed by atoms with Gasteiger partial charge in [0.2, 0.25) is 11.7 Å². The zero-order valence-electron chi connectivity index (χ0n) is 18.9. The Labute approximate surface area is 197 Å². The van der Waals surface area contributed by atoms with Gasteiger partial charge in [-0.2, -0.15) is 4.98 Å². The van der Waals surface area contributed by atoms with Crippen molar-refractivity contribution in [2.45, 2.75) is 32.6 Å². The van der Waals surface area contributed by atoms with Crippen molar-refractivity contribution >= 4 is 5.69 Å². The fourth-order valence-electron chi connectivity index (χ4n) is 3.99. The molecule has 1 aliphatic rings. The minimum absolute atomic E-state index is 0.107. The summed E-state index contributed by atoms with van der Waals surface area (Å²) in [6.07, 6.45) is 11.8. The predicted octanol–water partition coefficient (Wildman–Crippen LogP) is 3.07. The van der Waals surface area contributed by atoms with Crippen molar-refractivity contribution in [3.63, 3.8) is 0 Å². The molecule has 0 unspecified atom stereocenters. The third kappa shape index (κ3) is 3.70. The summed E-state index contributed by atoms with van der Waals surface area (Å²) in [4.78, 5) is 13.4. The second-order valence-corrected chi connectivity index (χ2v) is 8.43. The number of rotatable bonds is 4. The van der Waals surface area contributed by atoms with E-state index >= 15 is 0 Å². The van der Waals surface area contributed by atoms with Crippen LogP contribution in [-0.2, 0) is 12.8 Å². The summed E-state index contributed by atoms with van der Waals surface area (Å²) in [5.41, 5.74) is 12.7. The van der Waals surface area contributed by atoms with Crippen LogP contribution in [-0.4, -0.2) is 24.7 Å². The molecular weight excluding hydrogens is 428 g/mol. The highest BCUT2D eigenvalue weighted by atomic mass is 16.5. The number of allylic oxidation sites excluding steroid dienone is 2. The highest BCUT2D eigenvalue weighted by Crippen LogP contribution is 2.36. The lowest BCUT2D eigenvalue weighted by atomic mass is 10.1. The van der Waals surface area contributed by atoms with E-state index in [1.165, 1.54) is 0 Å². The van der Waals surface area contributed by atoms with Crippen LogP contribution in [0.4, 0.5) is 5.69 Å². The summed E-state index contributed by atoms with van der Waals surface area (Å²) in [5.74, 6) is 10.4. The molecule has 0 atom stereocenters. The highest BCUT2D eigenvalue weighted by molar-refractivity contribution is 5.72. The van der Waals surface area contributed by atoms with Gasteiger partial charge in [-0.3, -0.25) is 14.6 Å². The molecule has 0 radical (unpaired) electrons. The number of terminal acetylenes is 1. The zero-order chi connectivity index (χ0) is 23.8.